The van der Waals surface area contributed by atoms with Gasteiger partial charge in [0.05, 0.1) is 5.69 Å². The lowest BCUT2D eigenvalue weighted by molar-refractivity contribution is -0.122. The molecule has 1 fully saturated rings. The molecule has 1 saturated heterocycles. The summed E-state index contributed by atoms with van der Waals surface area (Å²) in [6.45, 7) is 1.38. The number of halogens is 2. The van der Waals surface area contributed by atoms with Gasteiger partial charge >= 0.3 is 6.03 Å². The van der Waals surface area contributed by atoms with E-state index in [-0.39, 0.29) is 17.9 Å². The third kappa shape index (κ3) is 5.42. The standard InChI is InChI=1S/C26H19ClFN3O5/c1-15-21(27)3-2-4-22(15)31-25(34)20(24(33)30-26(31)35)13-16-5-11-19(12-6-16)36-14-23(32)29-18-9-7-17(28)8-10-18/h2-13H,14H2,1H3,(H,29,32)(H,30,33,35)/b20-13-. The van der Waals surface area contributed by atoms with Crippen LogP contribution in [0.2, 0.25) is 5.02 Å². The normalized spacial score (nSPS) is 14.6. The zero-order chi connectivity index (χ0) is 25.8. The average molecular weight is 508 g/mol. The highest BCUT2D eigenvalue weighted by atomic mass is 35.5. The quantitative estimate of drug-likeness (QED) is 0.378. The Bertz CT molecular complexity index is 1390. The van der Waals surface area contributed by atoms with Gasteiger partial charge in [-0.05, 0) is 72.7 Å². The van der Waals surface area contributed by atoms with Crippen molar-refractivity contribution in [1.29, 1.82) is 0 Å². The van der Waals surface area contributed by atoms with Gasteiger partial charge < -0.3 is 10.1 Å². The smallest absolute Gasteiger partial charge is 0.335 e. The van der Waals surface area contributed by atoms with Crippen LogP contribution in [0.4, 0.5) is 20.6 Å². The molecule has 1 aliphatic heterocycles. The summed E-state index contributed by atoms with van der Waals surface area (Å²) in [5.41, 5.74) is 1.48. The maximum atomic E-state index is 13.1. The Morgan fingerprint density at radius 1 is 1.06 bits per heavy atom. The van der Waals surface area contributed by atoms with Gasteiger partial charge in [-0.3, -0.25) is 19.7 Å². The summed E-state index contributed by atoms with van der Waals surface area (Å²) in [6.07, 6.45) is 1.35. The number of hydrogen-bond acceptors (Lipinski definition) is 5. The van der Waals surface area contributed by atoms with E-state index in [1.165, 1.54) is 30.3 Å². The van der Waals surface area contributed by atoms with Gasteiger partial charge in [-0.2, -0.15) is 0 Å². The molecule has 5 amide bonds. The third-order valence-electron chi connectivity index (χ3n) is 5.27. The lowest BCUT2D eigenvalue weighted by Crippen LogP contribution is -2.54. The van der Waals surface area contributed by atoms with Crippen LogP contribution < -0.4 is 20.3 Å². The van der Waals surface area contributed by atoms with Crippen LogP contribution in [0.25, 0.3) is 6.08 Å². The molecule has 2 N–H and O–H groups in total. The molecule has 182 valence electrons. The highest BCUT2D eigenvalue weighted by Gasteiger charge is 2.37. The molecule has 8 nitrogen and oxygen atoms in total. The van der Waals surface area contributed by atoms with Gasteiger partial charge in [-0.15, -0.1) is 0 Å². The molecule has 1 aliphatic rings. The molecular weight excluding hydrogens is 489 g/mol. The summed E-state index contributed by atoms with van der Waals surface area (Å²) in [5, 5.41) is 5.12. The van der Waals surface area contributed by atoms with Crippen LogP contribution in [-0.2, 0) is 14.4 Å². The molecule has 0 unspecified atom stereocenters. The van der Waals surface area contributed by atoms with Gasteiger partial charge in [0.25, 0.3) is 17.7 Å². The molecule has 3 aromatic carbocycles. The first kappa shape index (κ1) is 24.6. The average Bonchev–Trinajstić information content (AvgIpc) is 2.85. The first-order valence-electron chi connectivity index (χ1n) is 10.7. The first-order valence-corrected chi connectivity index (χ1v) is 11.1. The number of benzene rings is 3. The van der Waals surface area contributed by atoms with Gasteiger partial charge in [0.1, 0.15) is 17.1 Å². The van der Waals surface area contributed by atoms with E-state index >= 15 is 0 Å². The van der Waals surface area contributed by atoms with Crippen LogP contribution in [0.1, 0.15) is 11.1 Å². The van der Waals surface area contributed by atoms with Crippen molar-refractivity contribution in [3.8, 4) is 5.75 Å². The molecular formula is C26H19ClFN3O5. The van der Waals surface area contributed by atoms with Gasteiger partial charge in [0.2, 0.25) is 0 Å². The summed E-state index contributed by atoms with van der Waals surface area (Å²) in [5.74, 6) is -2.08. The minimum Gasteiger partial charge on any atom is -0.484 e. The van der Waals surface area contributed by atoms with Crippen molar-refractivity contribution in [3.05, 3.63) is 94.3 Å². The topological polar surface area (TPSA) is 105 Å². The molecule has 0 radical (unpaired) electrons. The zero-order valence-electron chi connectivity index (χ0n) is 18.9. The Labute approximate surface area is 210 Å². The molecule has 0 aliphatic carbocycles. The predicted molar refractivity (Wildman–Crippen MR) is 132 cm³/mol. The van der Waals surface area contributed by atoms with Crippen molar-refractivity contribution in [2.24, 2.45) is 0 Å². The third-order valence-corrected chi connectivity index (χ3v) is 5.68. The van der Waals surface area contributed by atoms with Crippen LogP contribution in [0, 0.1) is 12.7 Å². The van der Waals surface area contributed by atoms with Crippen molar-refractivity contribution >= 4 is 52.8 Å². The summed E-state index contributed by atoms with van der Waals surface area (Å²) < 4.78 is 18.4. The molecule has 3 aromatic rings. The molecule has 36 heavy (non-hydrogen) atoms. The van der Waals surface area contributed by atoms with E-state index in [1.807, 2.05) is 0 Å². The minimum atomic E-state index is -0.866. The number of urea groups is 1. The molecule has 0 spiro atoms. The number of imide groups is 2. The Hall–Kier alpha value is -4.50. The first-order chi connectivity index (χ1) is 17.2. The Balaban J connectivity index is 1.45. The number of anilines is 2. The Morgan fingerprint density at radius 2 is 1.75 bits per heavy atom. The van der Waals surface area contributed by atoms with Gasteiger partial charge in [0.15, 0.2) is 6.61 Å². The molecule has 0 aromatic heterocycles. The molecule has 1 heterocycles. The molecule has 0 saturated carbocycles. The molecule has 4 rings (SSSR count). The van der Waals surface area contributed by atoms with Gasteiger partial charge in [-0.25, -0.2) is 14.1 Å². The van der Waals surface area contributed by atoms with E-state index < -0.39 is 29.6 Å². The number of carbonyl (C=O) groups excluding carboxylic acids is 4. The molecule has 0 bridgehead atoms. The van der Waals surface area contributed by atoms with Crippen molar-refractivity contribution < 1.29 is 28.3 Å². The second-order valence-corrected chi connectivity index (χ2v) is 8.16. The number of ether oxygens (including phenoxy) is 1. The van der Waals surface area contributed by atoms with E-state index in [0.29, 0.717) is 27.6 Å². The number of nitrogens with one attached hydrogen (secondary N) is 2. The summed E-state index contributed by atoms with van der Waals surface area (Å²) in [7, 11) is 0. The second kappa shape index (κ2) is 10.4. The number of barbiturate groups is 1. The number of amides is 5. The fraction of sp³-hybridized carbons (Fsp3) is 0.0769. The number of hydrogen-bond donors (Lipinski definition) is 2. The van der Waals surface area contributed by atoms with Crippen molar-refractivity contribution in [2.45, 2.75) is 6.92 Å². The summed E-state index contributed by atoms with van der Waals surface area (Å²) >= 11 is 6.13. The highest BCUT2D eigenvalue weighted by Crippen LogP contribution is 2.29. The van der Waals surface area contributed by atoms with Gasteiger partial charge in [-0.1, -0.05) is 29.8 Å². The lowest BCUT2D eigenvalue weighted by atomic mass is 10.1. The van der Waals surface area contributed by atoms with E-state index in [1.54, 1.807) is 49.4 Å². The van der Waals surface area contributed by atoms with Crippen molar-refractivity contribution in [2.75, 3.05) is 16.8 Å². The largest absolute Gasteiger partial charge is 0.484 e. The number of carbonyl (C=O) groups is 4. The summed E-state index contributed by atoms with van der Waals surface area (Å²) in [4.78, 5) is 50.8. The van der Waals surface area contributed by atoms with Crippen molar-refractivity contribution in [3.63, 3.8) is 0 Å². The molecule has 0 atom stereocenters. The highest BCUT2D eigenvalue weighted by molar-refractivity contribution is 6.39. The monoisotopic (exact) mass is 507 g/mol. The fourth-order valence-electron chi connectivity index (χ4n) is 3.42. The van der Waals surface area contributed by atoms with E-state index in [0.717, 1.165) is 4.90 Å². The SMILES string of the molecule is Cc1c(Cl)cccc1N1C(=O)NC(=O)/C(=C/c2ccc(OCC(=O)Nc3ccc(F)cc3)cc2)C1=O. The van der Waals surface area contributed by atoms with Crippen LogP contribution in [0.5, 0.6) is 5.75 Å². The Kier molecular flexibility index (Phi) is 7.12. The van der Waals surface area contributed by atoms with Crippen LogP contribution in [0.3, 0.4) is 0 Å². The number of rotatable bonds is 6. The van der Waals surface area contributed by atoms with Gasteiger partial charge in [0, 0.05) is 10.7 Å². The van der Waals surface area contributed by atoms with Crippen LogP contribution in [0.15, 0.2) is 72.3 Å². The maximum Gasteiger partial charge on any atom is 0.335 e. The van der Waals surface area contributed by atoms with E-state index in [4.69, 9.17) is 16.3 Å². The second-order valence-electron chi connectivity index (χ2n) is 7.75. The predicted octanol–water partition coefficient (Wildman–Crippen LogP) is 4.47. The number of nitrogens with zero attached hydrogens (tertiary/aromatic N) is 1. The van der Waals surface area contributed by atoms with Crippen LogP contribution in [-0.4, -0.2) is 30.4 Å². The Morgan fingerprint density at radius 3 is 2.44 bits per heavy atom. The summed E-state index contributed by atoms with van der Waals surface area (Å²) in [6, 6.07) is 15.5. The fourth-order valence-corrected chi connectivity index (χ4v) is 3.59. The molecule has 10 heteroatoms. The van der Waals surface area contributed by atoms with Crippen LogP contribution >= 0.6 is 11.6 Å². The van der Waals surface area contributed by atoms with E-state index in [9.17, 15) is 23.6 Å². The van der Waals surface area contributed by atoms with Crippen molar-refractivity contribution in [1.82, 2.24) is 5.32 Å². The maximum absolute atomic E-state index is 13.1. The van der Waals surface area contributed by atoms with E-state index in [2.05, 4.69) is 10.6 Å². The zero-order valence-corrected chi connectivity index (χ0v) is 19.6. The lowest BCUT2D eigenvalue weighted by Gasteiger charge is -2.27. The minimum absolute atomic E-state index is 0.235.